The summed E-state index contributed by atoms with van der Waals surface area (Å²) in [6.45, 7) is 5.30. The van der Waals surface area contributed by atoms with E-state index in [4.69, 9.17) is 9.26 Å². The van der Waals surface area contributed by atoms with E-state index in [-0.39, 0.29) is 18.6 Å². The smallest absolute Gasteiger partial charge is 0.310 e. The Bertz CT molecular complexity index is 952. The number of carbonyl (C=O) groups excluding carboxylic acids is 1. The maximum atomic E-state index is 12.2. The van der Waals surface area contributed by atoms with Gasteiger partial charge in [-0.05, 0) is 32.9 Å². The van der Waals surface area contributed by atoms with Crippen LogP contribution in [0.5, 0.6) is 0 Å². The van der Waals surface area contributed by atoms with Gasteiger partial charge >= 0.3 is 5.97 Å². The normalized spacial score (nSPS) is 11.0. The number of esters is 1. The molecule has 0 bridgehead atoms. The third-order valence-corrected chi connectivity index (χ3v) is 3.82. The van der Waals surface area contributed by atoms with Crippen LogP contribution >= 0.6 is 0 Å². The molecule has 0 N–H and O–H groups in total. The molecule has 3 aromatic rings. The highest BCUT2D eigenvalue weighted by molar-refractivity contribution is 5.73. The lowest BCUT2D eigenvalue weighted by atomic mass is 10.1. The van der Waals surface area contributed by atoms with Crippen molar-refractivity contribution in [3.8, 4) is 0 Å². The lowest BCUT2D eigenvalue weighted by Crippen LogP contribution is -2.18. The zero-order valence-corrected chi connectivity index (χ0v) is 13.7. The Labute approximate surface area is 137 Å². The zero-order valence-electron chi connectivity index (χ0n) is 13.7. The second-order valence-electron chi connectivity index (χ2n) is 5.59. The summed E-state index contributed by atoms with van der Waals surface area (Å²) in [4.78, 5) is 28.5. The van der Waals surface area contributed by atoms with Crippen molar-refractivity contribution in [1.82, 2.24) is 14.5 Å². The van der Waals surface area contributed by atoms with Crippen LogP contribution in [0.25, 0.3) is 5.65 Å². The van der Waals surface area contributed by atoms with E-state index in [1.54, 1.807) is 19.9 Å². The molecule has 3 rings (SSSR count). The lowest BCUT2D eigenvalue weighted by Gasteiger charge is -2.07. The molecule has 7 nitrogen and oxygen atoms in total. The Hall–Kier alpha value is -2.96. The molecule has 0 unspecified atom stereocenters. The number of hydrogen-bond acceptors (Lipinski definition) is 6. The highest BCUT2D eigenvalue weighted by Crippen LogP contribution is 2.13. The number of pyridine rings is 1. The van der Waals surface area contributed by atoms with Crippen molar-refractivity contribution in [3.63, 3.8) is 0 Å². The van der Waals surface area contributed by atoms with Crippen LogP contribution in [0.3, 0.4) is 0 Å². The molecule has 3 aromatic heterocycles. The standard InChI is InChI=1S/C17H17N3O4/c1-10-5-4-6-15-18-13(7-16(21)20(10)15)9-23-17(22)8-14-11(2)19-24-12(14)3/h4-7H,8-9H2,1-3H3. The lowest BCUT2D eigenvalue weighted by molar-refractivity contribution is -0.144. The van der Waals surface area contributed by atoms with Gasteiger partial charge in [-0.15, -0.1) is 0 Å². The summed E-state index contributed by atoms with van der Waals surface area (Å²) < 4.78 is 11.8. The van der Waals surface area contributed by atoms with E-state index >= 15 is 0 Å². The van der Waals surface area contributed by atoms with Crippen molar-refractivity contribution in [2.24, 2.45) is 0 Å². The van der Waals surface area contributed by atoms with Crippen LogP contribution in [0.4, 0.5) is 0 Å². The highest BCUT2D eigenvalue weighted by Gasteiger charge is 2.15. The van der Waals surface area contributed by atoms with E-state index in [1.165, 1.54) is 10.5 Å². The Kier molecular flexibility index (Phi) is 4.16. The molecule has 0 aromatic carbocycles. The monoisotopic (exact) mass is 327 g/mol. The van der Waals surface area contributed by atoms with Gasteiger partial charge in [-0.1, -0.05) is 11.2 Å². The van der Waals surface area contributed by atoms with Gasteiger partial charge in [0.2, 0.25) is 0 Å². The summed E-state index contributed by atoms with van der Waals surface area (Å²) in [6.07, 6.45) is 0.0762. The van der Waals surface area contributed by atoms with Crippen LogP contribution in [-0.2, 0) is 22.6 Å². The van der Waals surface area contributed by atoms with Crippen LogP contribution in [0, 0.1) is 20.8 Å². The van der Waals surface area contributed by atoms with E-state index in [0.29, 0.717) is 22.8 Å². The molecule has 3 heterocycles. The van der Waals surface area contributed by atoms with Gasteiger partial charge < -0.3 is 9.26 Å². The van der Waals surface area contributed by atoms with Crippen LogP contribution in [0.2, 0.25) is 0 Å². The third kappa shape index (κ3) is 3.05. The Morgan fingerprint density at radius 2 is 2.08 bits per heavy atom. The maximum Gasteiger partial charge on any atom is 0.310 e. The van der Waals surface area contributed by atoms with E-state index < -0.39 is 5.97 Å². The molecule has 0 saturated heterocycles. The molecule has 0 saturated carbocycles. The van der Waals surface area contributed by atoms with Crippen molar-refractivity contribution in [2.75, 3.05) is 0 Å². The average Bonchev–Trinajstić information content (AvgIpc) is 2.84. The second-order valence-corrected chi connectivity index (χ2v) is 5.59. The van der Waals surface area contributed by atoms with Crippen LogP contribution in [-0.4, -0.2) is 20.5 Å². The number of ether oxygens (including phenoxy) is 1. The SMILES string of the molecule is Cc1noc(C)c1CC(=O)OCc1cc(=O)n2c(C)cccc2n1. The largest absolute Gasteiger partial charge is 0.459 e. The van der Waals surface area contributed by atoms with Crippen molar-refractivity contribution in [1.29, 1.82) is 0 Å². The summed E-state index contributed by atoms with van der Waals surface area (Å²) in [5.41, 5.74) is 2.93. The molecule has 0 fully saturated rings. The summed E-state index contributed by atoms with van der Waals surface area (Å²) in [5.74, 6) is 0.178. The predicted octanol–water partition coefficient (Wildman–Crippen LogP) is 1.89. The number of rotatable bonds is 4. The van der Waals surface area contributed by atoms with Crippen molar-refractivity contribution < 1.29 is 14.1 Å². The number of aryl methyl sites for hydroxylation is 3. The van der Waals surface area contributed by atoms with Gasteiger partial charge in [0.1, 0.15) is 18.0 Å². The van der Waals surface area contributed by atoms with Crippen LogP contribution in [0.1, 0.15) is 28.4 Å². The van der Waals surface area contributed by atoms with Gasteiger partial charge in [0, 0.05) is 17.3 Å². The van der Waals surface area contributed by atoms with Crippen LogP contribution in [0.15, 0.2) is 33.6 Å². The average molecular weight is 327 g/mol. The molecule has 0 aliphatic rings. The first kappa shape index (κ1) is 15.9. The van der Waals surface area contributed by atoms with Crippen molar-refractivity contribution in [3.05, 3.63) is 63.0 Å². The number of hydrogen-bond donors (Lipinski definition) is 0. The minimum absolute atomic E-state index is 0.0537. The summed E-state index contributed by atoms with van der Waals surface area (Å²) in [5, 5.41) is 3.80. The van der Waals surface area contributed by atoms with E-state index in [1.807, 2.05) is 19.1 Å². The third-order valence-electron chi connectivity index (χ3n) is 3.82. The topological polar surface area (TPSA) is 86.7 Å². The van der Waals surface area contributed by atoms with Gasteiger partial charge in [0.05, 0.1) is 17.8 Å². The molecule has 0 radical (unpaired) electrons. The molecule has 0 amide bonds. The van der Waals surface area contributed by atoms with Gasteiger partial charge in [-0.25, -0.2) is 4.98 Å². The quantitative estimate of drug-likeness (QED) is 0.680. The minimum Gasteiger partial charge on any atom is -0.459 e. The zero-order chi connectivity index (χ0) is 17.3. The fraction of sp³-hybridized carbons (Fsp3) is 0.294. The molecule has 0 atom stereocenters. The Morgan fingerprint density at radius 3 is 2.79 bits per heavy atom. The fourth-order valence-corrected chi connectivity index (χ4v) is 2.54. The van der Waals surface area contributed by atoms with Crippen molar-refractivity contribution in [2.45, 2.75) is 33.8 Å². The summed E-state index contributed by atoms with van der Waals surface area (Å²) in [7, 11) is 0. The predicted molar refractivity (Wildman–Crippen MR) is 85.7 cm³/mol. The molecule has 0 aliphatic heterocycles. The first-order chi connectivity index (χ1) is 11.5. The second kappa shape index (κ2) is 6.27. The number of carbonyl (C=O) groups is 1. The molecule has 24 heavy (non-hydrogen) atoms. The molecular weight excluding hydrogens is 310 g/mol. The number of nitrogens with zero attached hydrogens (tertiary/aromatic N) is 3. The van der Waals surface area contributed by atoms with Crippen LogP contribution < -0.4 is 5.56 Å². The molecule has 7 heteroatoms. The molecular formula is C17H17N3O4. The summed E-state index contributed by atoms with van der Waals surface area (Å²) in [6, 6.07) is 6.77. The first-order valence-corrected chi connectivity index (χ1v) is 7.51. The van der Waals surface area contributed by atoms with Gasteiger partial charge in [0.15, 0.2) is 0 Å². The van der Waals surface area contributed by atoms with Gasteiger partial charge in [-0.3, -0.25) is 14.0 Å². The molecule has 0 aliphatic carbocycles. The molecule has 124 valence electrons. The number of aromatic nitrogens is 3. The Balaban J connectivity index is 1.74. The van der Waals surface area contributed by atoms with E-state index in [9.17, 15) is 9.59 Å². The minimum atomic E-state index is -0.421. The van der Waals surface area contributed by atoms with E-state index in [2.05, 4.69) is 10.1 Å². The molecule has 0 spiro atoms. The van der Waals surface area contributed by atoms with Gasteiger partial charge in [0.25, 0.3) is 5.56 Å². The number of fused-ring (bicyclic) bond motifs is 1. The van der Waals surface area contributed by atoms with Gasteiger partial charge in [-0.2, -0.15) is 0 Å². The van der Waals surface area contributed by atoms with Crippen molar-refractivity contribution >= 4 is 11.6 Å². The maximum absolute atomic E-state index is 12.2. The Morgan fingerprint density at radius 1 is 1.29 bits per heavy atom. The summed E-state index contributed by atoms with van der Waals surface area (Å²) >= 11 is 0. The fourth-order valence-electron chi connectivity index (χ4n) is 2.54. The first-order valence-electron chi connectivity index (χ1n) is 7.51. The highest BCUT2D eigenvalue weighted by atomic mass is 16.5. The van der Waals surface area contributed by atoms with E-state index in [0.717, 1.165) is 11.3 Å².